The first-order valence-corrected chi connectivity index (χ1v) is 10.9. The summed E-state index contributed by atoms with van der Waals surface area (Å²) in [4.78, 5) is 12.8. The van der Waals surface area contributed by atoms with Gasteiger partial charge in [0.2, 0.25) is 0 Å². The van der Waals surface area contributed by atoms with E-state index in [4.69, 9.17) is 11.6 Å². The van der Waals surface area contributed by atoms with Crippen LogP contribution in [0.4, 0.5) is 0 Å². The molecule has 0 radical (unpaired) electrons. The van der Waals surface area contributed by atoms with Gasteiger partial charge in [-0.2, -0.15) is 4.36 Å². The Labute approximate surface area is 153 Å². The van der Waals surface area contributed by atoms with E-state index in [0.29, 0.717) is 22.1 Å². The van der Waals surface area contributed by atoms with Crippen LogP contribution in [-0.2, 0) is 9.73 Å². The van der Waals surface area contributed by atoms with Crippen LogP contribution in [0, 0.1) is 0 Å². The molecule has 6 heteroatoms. The second-order valence-corrected chi connectivity index (χ2v) is 9.96. The molecule has 0 bridgehead atoms. The number of fused-ring (bicyclic) bond motifs is 1. The van der Waals surface area contributed by atoms with E-state index in [0.717, 1.165) is 43.0 Å². The number of hydrogen-bond acceptors (Lipinski definition) is 3. The minimum Gasteiger partial charge on any atom is -0.310 e. The van der Waals surface area contributed by atoms with Gasteiger partial charge >= 0.3 is 0 Å². The van der Waals surface area contributed by atoms with Crippen LogP contribution in [0.25, 0.3) is 10.8 Å². The SMILES string of the molecule is O=C(N=S1(=O)CCCC2(CCCN2)C1)c1cccc2cc(Cl)ccc12. The second-order valence-electron chi connectivity index (χ2n) is 7.10. The molecule has 132 valence electrons. The number of amides is 1. The Morgan fingerprint density at radius 2 is 2.04 bits per heavy atom. The zero-order valence-electron chi connectivity index (χ0n) is 14.0. The molecule has 2 aliphatic rings. The monoisotopic (exact) mass is 376 g/mol. The fourth-order valence-corrected chi connectivity index (χ4v) is 6.87. The first-order chi connectivity index (χ1) is 12.0. The second kappa shape index (κ2) is 6.38. The van der Waals surface area contributed by atoms with Crippen molar-refractivity contribution in [1.82, 2.24) is 5.32 Å². The largest absolute Gasteiger partial charge is 0.310 e. The van der Waals surface area contributed by atoms with Crippen molar-refractivity contribution in [3.63, 3.8) is 0 Å². The van der Waals surface area contributed by atoms with Crippen LogP contribution < -0.4 is 5.32 Å². The summed E-state index contributed by atoms with van der Waals surface area (Å²) >= 11 is 6.04. The lowest BCUT2D eigenvalue weighted by atomic mass is 9.94. The Kier molecular flexibility index (Phi) is 4.34. The average Bonchev–Trinajstić information content (AvgIpc) is 3.00. The molecule has 2 aromatic rings. The van der Waals surface area contributed by atoms with Gasteiger partial charge in [0.25, 0.3) is 5.91 Å². The number of carbonyl (C=O) groups excluding carboxylic acids is 1. The third-order valence-corrected chi connectivity index (χ3v) is 7.94. The molecule has 1 N–H and O–H groups in total. The maximum absolute atomic E-state index is 13.3. The highest BCUT2D eigenvalue weighted by atomic mass is 35.5. The maximum Gasteiger partial charge on any atom is 0.285 e. The smallest absolute Gasteiger partial charge is 0.285 e. The van der Waals surface area contributed by atoms with Crippen molar-refractivity contribution in [2.45, 2.75) is 31.2 Å². The summed E-state index contributed by atoms with van der Waals surface area (Å²) in [5.41, 5.74) is 0.418. The minimum atomic E-state index is -2.52. The lowest BCUT2D eigenvalue weighted by Gasteiger charge is -2.35. The van der Waals surface area contributed by atoms with E-state index >= 15 is 0 Å². The van der Waals surface area contributed by atoms with Crippen molar-refractivity contribution >= 4 is 38.0 Å². The quantitative estimate of drug-likeness (QED) is 0.817. The summed E-state index contributed by atoms with van der Waals surface area (Å²) in [5.74, 6) is 0.620. The molecule has 2 unspecified atom stereocenters. The number of rotatable bonds is 1. The van der Waals surface area contributed by atoms with Crippen LogP contribution in [0.3, 0.4) is 0 Å². The van der Waals surface area contributed by atoms with Gasteiger partial charge in [-0.05, 0) is 61.2 Å². The third kappa shape index (κ3) is 3.33. The summed E-state index contributed by atoms with van der Waals surface area (Å²) in [7, 11) is -2.52. The highest BCUT2D eigenvalue weighted by Gasteiger charge is 2.40. The van der Waals surface area contributed by atoms with E-state index in [1.165, 1.54) is 0 Å². The molecule has 2 aromatic carbocycles. The molecule has 4 rings (SSSR count). The van der Waals surface area contributed by atoms with Gasteiger partial charge in [-0.1, -0.05) is 29.8 Å². The van der Waals surface area contributed by atoms with Gasteiger partial charge in [0.1, 0.15) is 0 Å². The average molecular weight is 377 g/mol. The Morgan fingerprint density at radius 3 is 2.84 bits per heavy atom. The Morgan fingerprint density at radius 1 is 1.20 bits per heavy atom. The highest BCUT2D eigenvalue weighted by molar-refractivity contribution is 7.94. The van der Waals surface area contributed by atoms with E-state index in [9.17, 15) is 9.00 Å². The Balaban J connectivity index is 1.71. The molecule has 2 heterocycles. The lowest BCUT2D eigenvalue weighted by Crippen LogP contribution is -2.49. The molecule has 1 amide bonds. The standard InChI is InChI=1S/C19H21ClN2O2S/c20-15-6-7-16-14(12-15)4-1-5-17(16)18(23)22-25(24)11-3-9-19(13-25)8-2-10-21-19/h1,4-7,12,21H,2-3,8-11,13H2. The van der Waals surface area contributed by atoms with Gasteiger partial charge < -0.3 is 5.32 Å². The molecule has 4 nitrogen and oxygen atoms in total. The number of halogens is 1. The van der Waals surface area contributed by atoms with Crippen molar-refractivity contribution < 1.29 is 9.00 Å². The number of nitrogens with zero attached hydrogens (tertiary/aromatic N) is 1. The maximum atomic E-state index is 13.3. The first-order valence-electron chi connectivity index (χ1n) is 8.69. The van der Waals surface area contributed by atoms with Crippen LogP contribution in [0.1, 0.15) is 36.0 Å². The summed E-state index contributed by atoms with van der Waals surface area (Å²) in [6.07, 6.45) is 4.02. The highest BCUT2D eigenvalue weighted by Crippen LogP contribution is 2.32. The van der Waals surface area contributed by atoms with Gasteiger partial charge in [0.15, 0.2) is 0 Å². The van der Waals surface area contributed by atoms with Crippen molar-refractivity contribution in [3.8, 4) is 0 Å². The van der Waals surface area contributed by atoms with E-state index < -0.39 is 9.73 Å². The summed E-state index contributed by atoms with van der Waals surface area (Å²) < 4.78 is 17.5. The van der Waals surface area contributed by atoms with Gasteiger partial charge in [-0.25, -0.2) is 4.21 Å². The summed E-state index contributed by atoms with van der Waals surface area (Å²) in [5, 5.41) is 5.83. The molecule has 0 saturated carbocycles. The Bertz CT molecular complexity index is 957. The van der Waals surface area contributed by atoms with E-state index in [-0.39, 0.29) is 11.4 Å². The zero-order chi connectivity index (χ0) is 17.5. The predicted molar refractivity (Wildman–Crippen MR) is 103 cm³/mol. The summed E-state index contributed by atoms with van der Waals surface area (Å²) in [6.45, 7) is 0.966. The van der Waals surface area contributed by atoms with Crippen molar-refractivity contribution in [2.75, 3.05) is 18.1 Å². The van der Waals surface area contributed by atoms with Crippen molar-refractivity contribution in [2.24, 2.45) is 4.36 Å². The molecular weight excluding hydrogens is 356 g/mol. The molecule has 1 spiro atoms. The normalized spacial score (nSPS) is 29.2. The zero-order valence-corrected chi connectivity index (χ0v) is 15.5. The third-order valence-electron chi connectivity index (χ3n) is 5.27. The van der Waals surface area contributed by atoms with Crippen molar-refractivity contribution in [1.29, 1.82) is 0 Å². The van der Waals surface area contributed by atoms with Crippen LogP contribution in [0.15, 0.2) is 40.8 Å². The lowest BCUT2D eigenvalue weighted by molar-refractivity contribution is 0.101. The number of nitrogens with one attached hydrogen (secondary N) is 1. The molecule has 25 heavy (non-hydrogen) atoms. The molecular formula is C19H21ClN2O2S. The molecule has 2 aliphatic heterocycles. The minimum absolute atomic E-state index is 0.0780. The van der Waals surface area contributed by atoms with Gasteiger partial charge in [-0.3, -0.25) is 4.79 Å². The number of carbonyl (C=O) groups is 1. The van der Waals surface area contributed by atoms with Crippen LogP contribution in [0.2, 0.25) is 5.02 Å². The molecule has 0 aliphatic carbocycles. The number of hydrogen-bond donors (Lipinski definition) is 1. The summed E-state index contributed by atoms with van der Waals surface area (Å²) in [6, 6.07) is 10.9. The van der Waals surface area contributed by atoms with Gasteiger partial charge in [-0.15, -0.1) is 0 Å². The van der Waals surface area contributed by atoms with Gasteiger partial charge in [0.05, 0.1) is 21.0 Å². The van der Waals surface area contributed by atoms with E-state index in [1.54, 1.807) is 12.1 Å². The molecule has 0 aromatic heterocycles. The topological polar surface area (TPSA) is 58.5 Å². The van der Waals surface area contributed by atoms with E-state index in [1.807, 2.05) is 24.3 Å². The predicted octanol–water partition coefficient (Wildman–Crippen LogP) is 4.02. The molecule has 2 saturated heterocycles. The number of benzene rings is 2. The first kappa shape index (κ1) is 17.0. The van der Waals surface area contributed by atoms with Crippen LogP contribution in [0.5, 0.6) is 0 Å². The van der Waals surface area contributed by atoms with Crippen LogP contribution in [-0.4, -0.2) is 33.7 Å². The molecule has 2 fully saturated rings. The van der Waals surface area contributed by atoms with Crippen LogP contribution >= 0.6 is 11.6 Å². The van der Waals surface area contributed by atoms with Gasteiger partial charge in [0, 0.05) is 16.3 Å². The fourth-order valence-electron chi connectivity index (χ4n) is 4.14. The van der Waals surface area contributed by atoms with E-state index in [2.05, 4.69) is 9.68 Å². The fraction of sp³-hybridized carbons (Fsp3) is 0.421. The van der Waals surface area contributed by atoms with Crippen molar-refractivity contribution in [3.05, 3.63) is 47.0 Å². The Hall–Kier alpha value is -1.43. The molecule has 2 atom stereocenters.